The second-order valence-electron chi connectivity index (χ2n) is 3.01. The van der Waals surface area contributed by atoms with E-state index in [-0.39, 0.29) is 0 Å². The Morgan fingerprint density at radius 1 is 1.64 bits per heavy atom. The minimum Gasteiger partial charge on any atom is -0.386 e. The summed E-state index contributed by atoms with van der Waals surface area (Å²) in [6.07, 6.45) is 5.90. The molecule has 0 aromatic carbocycles. The normalized spacial score (nSPS) is 16.3. The smallest absolute Gasteiger partial charge is 0.0831 e. The Bertz CT molecular complexity index is 175. The second kappa shape index (κ2) is 4.14. The first-order valence-electron chi connectivity index (χ1n) is 3.66. The molecule has 1 nitrogen and oxygen atoms in total. The quantitative estimate of drug-likeness (QED) is 0.484. The summed E-state index contributed by atoms with van der Waals surface area (Å²) in [6.45, 7) is 10.9. The van der Waals surface area contributed by atoms with Crippen LogP contribution >= 0.6 is 0 Å². The molecule has 1 N–H and O–H groups in total. The van der Waals surface area contributed by atoms with E-state index in [0.29, 0.717) is 6.42 Å². The van der Waals surface area contributed by atoms with Gasteiger partial charge in [-0.2, -0.15) is 0 Å². The Hall–Kier alpha value is -0.820. The lowest BCUT2D eigenvalue weighted by Crippen LogP contribution is -2.18. The molecule has 0 aromatic heterocycles. The Balaban J connectivity index is 3.87. The topological polar surface area (TPSA) is 20.2 Å². The van der Waals surface area contributed by atoms with Gasteiger partial charge in [0.05, 0.1) is 5.60 Å². The Morgan fingerprint density at radius 2 is 2.18 bits per heavy atom. The van der Waals surface area contributed by atoms with Gasteiger partial charge < -0.3 is 5.11 Å². The van der Waals surface area contributed by atoms with Gasteiger partial charge in [0.25, 0.3) is 0 Å². The largest absolute Gasteiger partial charge is 0.386 e. The van der Waals surface area contributed by atoms with Gasteiger partial charge in [-0.1, -0.05) is 30.4 Å². The second-order valence-corrected chi connectivity index (χ2v) is 3.01. The number of hydrogen-bond acceptors (Lipinski definition) is 1. The van der Waals surface area contributed by atoms with E-state index < -0.39 is 5.60 Å². The van der Waals surface area contributed by atoms with E-state index >= 15 is 0 Å². The standard InChI is InChI=1S/C10H16O/c1-5-10(4,11)8-6-7-9(2)3/h5-7,11H,1-2,8H2,3-4H3. The van der Waals surface area contributed by atoms with E-state index in [4.69, 9.17) is 0 Å². The van der Waals surface area contributed by atoms with Crippen molar-refractivity contribution in [2.75, 3.05) is 0 Å². The molecular weight excluding hydrogens is 136 g/mol. The van der Waals surface area contributed by atoms with Crippen LogP contribution in [0.15, 0.2) is 37.0 Å². The molecule has 0 bridgehead atoms. The maximum atomic E-state index is 9.44. The van der Waals surface area contributed by atoms with E-state index in [1.54, 1.807) is 6.92 Å². The van der Waals surface area contributed by atoms with Gasteiger partial charge in [0, 0.05) is 0 Å². The highest BCUT2D eigenvalue weighted by atomic mass is 16.3. The van der Waals surface area contributed by atoms with Crippen molar-refractivity contribution in [1.29, 1.82) is 0 Å². The Kier molecular flexibility index (Phi) is 3.83. The van der Waals surface area contributed by atoms with Gasteiger partial charge in [-0.25, -0.2) is 0 Å². The number of allylic oxidation sites excluding steroid dienone is 2. The molecule has 0 spiro atoms. The zero-order valence-corrected chi connectivity index (χ0v) is 7.30. The van der Waals surface area contributed by atoms with Crippen molar-refractivity contribution in [1.82, 2.24) is 0 Å². The summed E-state index contributed by atoms with van der Waals surface area (Å²) in [5, 5.41) is 9.44. The van der Waals surface area contributed by atoms with Crippen LogP contribution < -0.4 is 0 Å². The van der Waals surface area contributed by atoms with Gasteiger partial charge >= 0.3 is 0 Å². The number of aliphatic hydroxyl groups is 1. The van der Waals surface area contributed by atoms with E-state index in [2.05, 4.69) is 13.2 Å². The van der Waals surface area contributed by atoms with Crippen molar-refractivity contribution in [3.63, 3.8) is 0 Å². The molecule has 0 saturated heterocycles. The van der Waals surface area contributed by atoms with Crippen molar-refractivity contribution >= 4 is 0 Å². The highest BCUT2D eigenvalue weighted by molar-refractivity contribution is 5.12. The van der Waals surface area contributed by atoms with Crippen molar-refractivity contribution < 1.29 is 5.11 Å². The van der Waals surface area contributed by atoms with Crippen LogP contribution in [0.2, 0.25) is 0 Å². The van der Waals surface area contributed by atoms with Crippen LogP contribution in [-0.2, 0) is 0 Å². The van der Waals surface area contributed by atoms with Gasteiger partial charge in [-0.05, 0) is 20.3 Å². The predicted octanol–water partition coefficient (Wildman–Crippen LogP) is 2.45. The molecule has 0 aromatic rings. The van der Waals surface area contributed by atoms with Crippen LogP contribution in [0.25, 0.3) is 0 Å². The first-order chi connectivity index (χ1) is 4.98. The van der Waals surface area contributed by atoms with E-state index in [1.165, 1.54) is 6.08 Å². The van der Waals surface area contributed by atoms with Gasteiger partial charge in [-0.15, -0.1) is 6.58 Å². The summed E-state index contributed by atoms with van der Waals surface area (Å²) in [7, 11) is 0. The van der Waals surface area contributed by atoms with E-state index in [0.717, 1.165) is 5.57 Å². The van der Waals surface area contributed by atoms with Gasteiger partial charge in [0.2, 0.25) is 0 Å². The molecule has 1 unspecified atom stereocenters. The highest BCUT2D eigenvalue weighted by Crippen LogP contribution is 2.10. The molecule has 11 heavy (non-hydrogen) atoms. The monoisotopic (exact) mass is 152 g/mol. The number of rotatable bonds is 4. The van der Waals surface area contributed by atoms with Gasteiger partial charge in [0.15, 0.2) is 0 Å². The Morgan fingerprint density at radius 3 is 2.55 bits per heavy atom. The summed E-state index contributed by atoms with van der Waals surface area (Å²) >= 11 is 0. The lowest BCUT2D eigenvalue weighted by atomic mass is 10.0. The molecule has 0 rings (SSSR count). The fourth-order valence-corrected chi connectivity index (χ4v) is 0.582. The summed E-state index contributed by atoms with van der Waals surface area (Å²) in [6, 6.07) is 0. The molecule has 62 valence electrons. The average Bonchev–Trinajstić information content (AvgIpc) is 1.87. The molecule has 0 aliphatic rings. The number of hydrogen-bond donors (Lipinski definition) is 1. The van der Waals surface area contributed by atoms with E-state index in [1.807, 2.05) is 19.1 Å². The van der Waals surface area contributed by atoms with Crippen LogP contribution in [0.5, 0.6) is 0 Å². The van der Waals surface area contributed by atoms with Crippen LogP contribution in [0.3, 0.4) is 0 Å². The lowest BCUT2D eigenvalue weighted by molar-refractivity contribution is 0.115. The third kappa shape index (κ3) is 5.62. The zero-order valence-electron chi connectivity index (χ0n) is 7.30. The zero-order chi connectivity index (χ0) is 8.91. The van der Waals surface area contributed by atoms with Crippen molar-refractivity contribution in [3.05, 3.63) is 37.0 Å². The molecule has 0 saturated carbocycles. The van der Waals surface area contributed by atoms with Crippen molar-refractivity contribution in [3.8, 4) is 0 Å². The molecule has 0 amide bonds. The SMILES string of the molecule is C=CC(C)(O)CC=CC(=C)C. The van der Waals surface area contributed by atoms with Crippen LogP contribution in [-0.4, -0.2) is 10.7 Å². The molecule has 1 atom stereocenters. The Labute approximate surface area is 68.7 Å². The van der Waals surface area contributed by atoms with Crippen LogP contribution in [0.4, 0.5) is 0 Å². The van der Waals surface area contributed by atoms with Crippen LogP contribution in [0.1, 0.15) is 20.3 Å². The van der Waals surface area contributed by atoms with E-state index in [9.17, 15) is 5.11 Å². The maximum Gasteiger partial charge on any atom is 0.0831 e. The molecule has 0 fully saturated rings. The fourth-order valence-electron chi connectivity index (χ4n) is 0.582. The first-order valence-corrected chi connectivity index (χ1v) is 3.66. The third-order valence-electron chi connectivity index (χ3n) is 1.37. The van der Waals surface area contributed by atoms with Gasteiger partial charge in [0.1, 0.15) is 0 Å². The highest BCUT2D eigenvalue weighted by Gasteiger charge is 2.11. The predicted molar refractivity (Wildman–Crippen MR) is 49.4 cm³/mol. The van der Waals surface area contributed by atoms with Crippen LogP contribution in [0, 0.1) is 0 Å². The van der Waals surface area contributed by atoms with Crippen molar-refractivity contribution in [2.45, 2.75) is 25.9 Å². The average molecular weight is 152 g/mol. The fraction of sp³-hybridized carbons (Fsp3) is 0.400. The maximum absolute atomic E-state index is 9.44. The summed E-state index contributed by atoms with van der Waals surface area (Å²) < 4.78 is 0. The summed E-state index contributed by atoms with van der Waals surface area (Å²) in [4.78, 5) is 0. The van der Waals surface area contributed by atoms with Crippen molar-refractivity contribution in [2.24, 2.45) is 0 Å². The minimum absolute atomic E-state index is 0.587. The first kappa shape index (κ1) is 10.2. The minimum atomic E-state index is -0.786. The lowest BCUT2D eigenvalue weighted by Gasteiger charge is -2.14. The third-order valence-corrected chi connectivity index (χ3v) is 1.37. The molecule has 0 heterocycles. The molecule has 0 radical (unpaired) electrons. The molecule has 0 aliphatic carbocycles. The van der Waals surface area contributed by atoms with Gasteiger partial charge in [-0.3, -0.25) is 0 Å². The summed E-state index contributed by atoms with van der Waals surface area (Å²) in [5.41, 5.74) is 0.205. The molecular formula is C10H16O. The molecule has 1 heteroatoms. The summed E-state index contributed by atoms with van der Waals surface area (Å²) in [5.74, 6) is 0. The molecule has 0 aliphatic heterocycles.